The highest BCUT2D eigenvalue weighted by atomic mass is 32.2. The number of para-hydroxylation sites is 1. The Kier molecular flexibility index (Phi) is 5.14. The second-order valence-electron chi connectivity index (χ2n) is 5.47. The van der Waals surface area contributed by atoms with Crippen LogP contribution in [0.25, 0.3) is 11.5 Å². The van der Waals surface area contributed by atoms with Gasteiger partial charge in [-0.25, -0.2) is 4.39 Å². The van der Waals surface area contributed by atoms with E-state index in [-0.39, 0.29) is 16.8 Å². The van der Waals surface area contributed by atoms with Crippen molar-refractivity contribution in [2.75, 3.05) is 5.32 Å². The van der Waals surface area contributed by atoms with Gasteiger partial charge in [0.2, 0.25) is 11.8 Å². The molecule has 5 nitrogen and oxygen atoms in total. The van der Waals surface area contributed by atoms with Gasteiger partial charge in [0.1, 0.15) is 5.82 Å². The first-order chi connectivity index (χ1) is 12.0. The van der Waals surface area contributed by atoms with Crippen molar-refractivity contribution in [2.24, 2.45) is 0 Å². The second-order valence-corrected chi connectivity index (χ2v) is 6.76. The first-order valence-electron chi connectivity index (χ1n) is 7.65. The zero-order valence-corrected chi connectivity index (χ0v) is 14.5. The van der Waals surface area contributed by atoms with E-state index in [4.69, 9.17) is 4.42 Å². The number of benzene rings is 2. The number of nitrogens with one attached hydrogen (secondary N) is 1. The first-order valence-corrected chi connectivity index (χ1v) is 8.53. The minimum absolute atomic E-state index is 0.144. The van der Waals surface area contributed by atoms with Crippen LogP contribution in [0.3, 0.4) is 0 Å². The zero-order valence-electron chi connectivity index (χ0n) is 13.7. The normalized spacial score (nSPS) is 12.0. The third kappa shape index (κ3) is 4.24. The summed E-state index contributed by atoms with van der Waals surface area (Å²) in [5.41, 5.74) is 2.09. The number of carbonyl (C=O) groups is 1. The van der Waals surface area contributed by atoms with Crippen LogP contribution < -0.4 is 5.32 Å². The lowest BCUT2D eigenvalue weighted by molar-refractivity contribution is -0.115. The Balaban J connectivity index is 1.65. The third-order valence-corrected chi connectivity index (χ3v) is 4.42. The molecule has 3 aromatic rings. The standard InChI is InChI=1S/C18H16FN3O2S/c1-11-7-9-13(10-8-11)17-21-22-18(24-17)25-12(2)16(23)20-15-6-4-3-5-14(15)19/h3-10,12H,1-2H3,(H,20,23). The molecule has 0 aliphatic rings. The van der Waals surface area contributed by atoms with E-state index in [0.717, 1.165) is 22.9 Å². The Morgan fingerprint density at radius 2 is 1.88 bits per heavy atom. The van der Waals surface area contributed by atoms with Crippen molar-refractivity contribution in [1.29, 1.82) is 0 Å². The van der Waals surface area contributed by atoms with E-state index in [1.807, 2.05) is 31.2 Å². The number of carbonyl (C=O) groups excluding carboxylic acids is 1. The van der Waals surface area contributed by atoms with E-state index < -0.39 is 11.1 Å². The molecule has 1 aromatic heterocycles. The number of anilines is 1. The van der Waals surface area contributed by atoms with Crippen LogP contribution in [-0.2, 0) is 4.79 Å². The molecule has 0 saturated heterocycles. The molecular formula is C18H16FN3O2S. The lowest BCUT2D eigenvalue weighted by Crippen LogP contribution is -2.22. The molecule has 0 aliphatic heterocycles. The van der Waals surface area contributed by atoms with Crippen LogP contribution in [0.4, 0.5) is 10.1 Å². The second kappa shape index (κ2) is 7.48. The highest BCUT2D eigenvalue weighted by molar-refractivity contribution is 8.00. The van der Waals surface area contributed by atoms with Gasteiger partial charge in [0.15, 0.2) is 0 Å². The van der Waals surface area contributed by atoms with Gasteiger partial charge < -0.3 is 9.73 Å². The molecule has 7 heteroatoms. The molecule has 0 bridgehead atoms. The summed E-state index contributed by atoms with van der Waals surface area (Å²) in [7, 11) is 0. The average molecular weight is 357 g/mol. The molecule has 0 aliphatic carbocycles. The van der Waals surface area contributed by atoms with Crippen LogP contribution in [-0.4, -0.2) is 21.4 Å². The smallest absolute Gasteiger partial charge is 0.277 e. The lowest BCUT2D eigenvalue weighted by atomic mass is 10.1. The Labute approximate surface area is 148 Å². The first kappa shape index (κ1) is 17.2. The maximum absolute atomic E-state index is 13.6. The number of nitrogens with zero attached hydrogens (tertiary/aromatic N) is 2. The van der Waals surface area contributed by atoms with Crippen molar-refractivity contribution in [1.82, 2.24) is 10.2 Å². The number of amides is 1. The summed E-state index contributed by atoms with van der Waals surface area (Å²) in [6.07, 6.45) is 0. The summed E-state index contributed by atoms with van der Waals surface area (Å²) in [6.45, 7) is 3.69. The monoisotopic (exact) mass is 357 g/mol. The SMILES string of the molecule is Cc1ccc(-c2nnc(SC(C)C(=O)Nc3ccccc3F)o2)cc1. The number of aryl methyl sites for hydroxylation is 1. The third-order valence-electron chi connectivity index (χ3n) is 3.48. The van der Waals surface area contributed by atoms with Crippen molar-refractivity contribution < 1.29 is 13.6 Å². The van der Waals surface area contributed by atoms with Crippen LogP contribution in [0, 0.1) is 12.7 Å². The molecule has 1 heterocycles. The number of hydrogen-bond acceptors (Lipinski definition) is 5. The molecule has 1 atom stereocenters. The van der Waals surface area contributed by atoms with Gasteiger partial charge in [-0.05, 0) is 38.1 Å². The molecule has 0 saturated carbocycles. The maximum Gasteiger partial charge on any atom is 0.277 e. The topological polar surface area (TPSA) is 68.0 Å². The summed E-state index contributed by atoms with van der Waals surface area (Å²) in [4.78, 5) is 12.2. The van der Waals surface area contributed by atoms with Crippen LogP contribution in [0.5, 0.6) is 0 Å². The number of aromatic nitrogens is 2. The maximum atomic E-state index is 13.6. The molecule has 1 amide bonds. The van der Waals surface area contributed by atoms with Crippen molar-refractivity contribution in [2.45, 2.75) is 24.3 Å². The van der Waals surface area contributed by atoms with Gasteiger partial charge in [-0.1, -0.05) is 41.6 Å². The number of hydrogen-bond donors (Lipinski definition) is 1. The Morgan fingerprint density at radius 1 is 1.16 bits per heavy atom. The van der Waals surface area contributed by atoms with Gasteiger partial charge in [0.25, 0.3) is 5.22 Å². The summed E-state index contributed by atoms with van der Waals surface area (Å²) < 4.78 is 19.2. The highest BCUT2D eigenvalue weighted by Gasteiger charge is 2.19. The molecule has 0 radical (unpaired) electrons. The fourth-order valence-electron chi connectivity index (χ4n) is 2.07. The molecule has 25 heavy (non-hydrogen) atoms. The van der Waals surface area contributed by atoms with Crippen LogP contribution in [0.15, 0.2) is 58.2 Å². The van der Waals surface area contributed by atoms with Gasteiger partial charge in [-0.15, -0.1) is 10.2 Å². The predicted octanol–water partition coefficient (Wildman–Crippen LogP) is 4.30. The summed E-state index contributed by atoms with van der Waals surface area (Å²) >= 11 is 1.12. The van der Waals surface area contributed by atoms with Crippen molar-refractivity contribution in [3.05, 3.63) is 59.9 Å². The van der Waals surface area contributed by atoms with E-state index in [1.165, 1.54) is 12.1 Å². The Morgan fingerprint density at radius 3 is 2.60 bits per heavy atom. The Hall–Kier alpha value is -2.67. The largest absolute Gasteiger partial charge is 0.411 e. The molecule has 2 aromatic carbocycles. The van der Waals surface area contributed by atoms with Crippen LogP contribution in [0.2, 0.25) is 0 Å². The average Bonchev–Trinajstić information content (AvgIpc) is 3.06. The fourth-order valence-corrected chi connectivity index (χ4v) is 2.76. The minimum atomic E-state index is -0.522. The molecule has 1 unspecified atom stereocenters. The summed E-state index contributed by atoms with van der Waals surface area (Å²) in [6, 6.07) is 13.7. The van der Waals surface area contributed by atoms with Gasteiger partial charge >= 0.3 is 0 Å². The van der Waals surface area contributed by atoms with Gasteiger partial charge in [-0.2, -0.15) is 0 Å². The molecule has 128 valence electrons. The molecule has 3 rings (SSSR count). The van der Waals surface area contributed by atoms with Crippen molar-refractivity contribution >= 4 is 23.4 Å². The van der Waals surface area contributed by atoms with Gasteiger partial charge in [-0.3, -0.25) is 4.79 Å². The number of rotatable bonds is 5. The highest BCUT2D eigenvalue weighted by Crippen LogP contribution is 2.27. The van der Waals surface area contributed by atoms with E-state index in [9.17, 15) is 9.18 Å². The predicted molar refractivity (Wildman–Crippen MR) is 94.8 cm³/mol. The number of halogens is 1. The lowest BCUT2D eigenvalue weighted by Gasteiger charge is -2.10. The van der Waals surface area contributed by atoms with E-state index in [0.29, 0.717) is 5.89 Å². The Bertz CT molecular complexity index is 880. The number of thioether (sulfide) groups is 1. The van der Waals surface area contributed by atoms with Crippen molar-refractivity contribution in [3.63, 3.8) is 0 Å². The van der Waals surface area contributed by atoms with Gasteiger partial charge in [0.05, 0.1) is 10.9 Å². The quantitative estimate of drug-likeness (QED) is 0.690. The minimum Gasteiger partial charge on any atom is -0.411 e. The van der Waals surface area contributed by atoms with Crippen LogP contribution >= 0.6 is 11.8 Å². The molecular weight excluding hydrogens is 341 g/mol. The summed E-state index contributed by atoms with van der Waals surface area (Å²) in [5.74, 6) is -0.429. The summed E-state index contributed by atoms with van der Waals surface area (Å²) in [5, 5.41) is 10.3. The molecule has 0 fully saturated rings. The molecule has 0 spiro atoms. The van der Waals surface area contributed by atoms with E-state index in [2.05, 4.69) is 15.5 Å². The zero-order chi connectivity index (χ0) is 17.8. The molecule has 1 N–H and O–H groups in total. The van der Waals surface area contributed by atoms with Crippen LogP contribution in [0.1, 0.15) is 12.5 Å². The van der Waals surface area contributed by atoms with Gasteiger partial charge in [0, 0.05) is 5.56 Å². The van der Waals surface area contributed by atoms with Crippen molar-refractivity contribution in [3.8, 4) is 11.5 Å². The fraction of sp³-hybridized carbons (Fsp3) is 0.167. The van der Waals surface area contributed by atoms with E-state index >= 15 is 0 Å². The van der Waals surface area contributed by atoms with E-state index in [1.54, 1.807) is 19.1 Å².